The number of hydrogen-bond acceptors (Lipinski definition) is 4. The van der Waals surface area contributed by atoms with Crippen molar-refractivity contribution in [3.63, 3.8) is 0 Å². The van der Waals surface area contributed by atoms with Gasteiger partial charge in [0, 0.05) is 29.7 Å². The minimum absolute atomic E-state index is 0.245. The molecule has 1 heterocycles. The predicted octanol–water partition coefficient (Wildman–Crippen LogP) is 3.86. The van der Waals surface area contributed by atoms with Gasteiger partial charge in [-0.25, -0.2) is 4.98 Å². The Hall–Kier alpha value is -2.33. The van der Waals surface area contributed by atoms with E-state index in [9.17, 15) is 5.11 Å². The number of fused-ring (bicyclic) bond motifs is 1. The summed E-state index contributed by atoms with van der Waals surface area (Å²) in [7, 11) is 0. The molecule has 1 aromatic heterocycles. The molecule has 2 rings (SSSR count). The average molecular weight is 297 g/mol. The van der Waals surface area contributed by atoms with Crippen LogP contribution in [0.1, 0.15) is 26.0 Å². The maximum absolute atomic E-state index is 10.2. The Morgan fingerprint density at radius 2 is 2.14 bits per heavy atom. The van der Waals surface area contributed by atoms with Gasteiger partial charge in [-0.2, -0.15) is 0 Å². The number of anilines is 1. The first-order valence-corrected chi connectivity index (χ1v) is 7.61. The summed E-state index contributed by atoms with van der Waals surface area (Å²) in [5.41, 5.74) is 8.99. The van der Waals surface area contributed by atoms with Gasteiger partial charge in [-0.15, -0.1) is 0 Å². The van der Waals surface area contributed by atoms with E-state index < -0.39 is 0 Å². The largest absolute Gasteiger partial charge is 0.508 e. The lowest BCUT2D eigenvalue weighted by Gasteiger charge is -2.13. The summed E-state index contributed by atoms with van der Waals surface area (Å²) >= 11 is 0. The van der Waals surface area contributed by atoms with E-state index in [1.807, 2.05) is 50.3 Å². The van der Waals surface area contributed by atoms with Gasteiger partial charge >= 0.3 is 0 Å². The lowest BCUT2D eigenvalue weighted by molar-refractivity contribution is 0.436. The zero-order valence-electron chi connectivity index (χ0n) is 13.1. The molecule has 4 heteroatoms. The Bertz CT molecular complexity index is 705. The first-order valence-electron chi connectivity index (χ1n) is 7.61. The second-order valence-electron chi connectivity index (χ2n) is 4.99. The van der Waals surface area contributed by atoms with Gasteiger partial charge in [-0.3, -0.25) is 0 Å². The van der Waals surface area contributed by atoms with Crippen molar-refractivity contribution in [3.8, 4) is 0 Å². The summed E-state index contributed by atoms with van der Waals surface area (Å²) in [4.78, 5) is 4.69. The molecular formula is C18H23N3O. The maximum atomic E-state index is 10.2. The molecule has 0 aliphatic carbocycles. The topological polar surface area (TPSA) is 71.2 Å². The third kappa shape index (κ3) is 3.46. The van der Waals surface area contributed by atoms with E-state index in [4.69, 9.17) is 10.7 Å². The van der Waals surface area contributed by atoms with Gasteiger partial charge in [0.05, 0.1) is 11.2 Å². The zero-order chi connectivity index (χ0) is 15.9. The van der Waals surface area contributed by atoms with E-state index in [0.717, 1.165) is 34.3 Å². The standard InChI is InChI=1S/C18H23N3O/c1-3-7-14(18(22)4-2)17-12-16(20-11-10-19)13-8-5-6-9-15(13)21-17/h4-9,12,22H,3,10-11,19H2,1-2H3,(H,20,21)/b14-7-,18-4+. The summed E-state index contributed by atoms with van der Waals surface area (Å²) in [5.74, 6) is 0.245. The monoisotopic (exact) mass is 297 g/mol. The van der Waals surface area contributed by atoms with Crippen molar-refractivity contribution in [1.82, 2.24) is 4.98 Å². The van der Waals surface area contributed by atoms with Gasteiger partial charge in [0.15, 0.2) is 0 Å². The number of nitrogens with zero attached hydrogens (tertiary/aromatic N) is 1. The molecule has 4 N–H and O–H groups in total. The third-order valence-electron chi connectivity index (χ3n) is 3.41. The zero-order valence-corrected chi connectivity index (χ0v) is 13.1. The number of rotatable bonds is 6. The minimum Gasteiger partial charge on any atom is -0.508 e. The molecule has 0 aliphatic heterocycles. The molecular weight excluding hydrogens is 274 g/mol. The molecule has 22 heavy (non-hydrogen) atoms. The highest BCUT2D eigenvalue weighted by atomic mass is 16.3. The van der Waals surface area contributed by atoms with Gasteiger partial charge in [0.1, 0.15) is 5.76 Å². The number of aliphatic hydroxyl groups excluding tert-OH is 1. The van der Waals surface area contributed by atoms with Crippen molar-refractivity contribution in [1.29, 1.82) is 0 Å². The van der Waals surface area contributed by atoms with Crippen LogP contribution in [0, 0.1) is 0 Å². The molecule has 116 valence electrons. The Labute approximate surface area is 131 Å². The number of nitrogens with one attached hydrogen (secondary N) is 1. The molecule has 0 amide bonds. The summed E-state index contributed by atoms with van der Waals surface area (Å²) < 4.78 is 0. The summed E-state index contributed by atoms with van der Waals surface area (Å²) in [6.45, 7) is 5.10. The first-order chi connectivity index (χ1) is 10.7. The molecule has 0 saturated heterocycles. The van der Waals surface area contributed by atoms with Crippen molar-refractivity contribution in [2.45, 2.75) is 20.3 Å². The fourth-order valence-electron chi connectivity index (χ4n) is 2.37. The van der Waals surface area contributed by atoms with Crippen LogP contribution in [0.25, 0.3) is 16.5 Å². The number of pyridine rings is 1. The summed E-state index contributed by atoms with van der Waals surface area (Å²) in [6, 6.07) is 9.93. The van der Waals surface area contributed by atoms with Crippen molar-refractivity contribution in [3.05, 3.63) is 53.9 Å². The van der Waals surface area contributed by atoms with Crippen LogP contribution in [0.5, 0.6) is 0 Å². The van der Waals surface area contributed by atoms with Crippen LogP contribution in [-0.4, -0.2) is 23.2 Å². The SMILES string of the molecule is C/C=C(O)\C(=C/CC)c1cc(NCCN)c2ccccc2n1. The van der Waals surface area contributed by atoms with E-state index >= 15 is 0 Å². The number of allylic oxidation sites excluding steroid dienone is 3. The minimum atomic E-state index is 0.245. The summed E-state index contributed by atoms with van der Waals surface area (Å²) in [5, 5.41) is 14.5. The Kier molecular flexibility index (Phi) is 5.55. The van der Waals surface area contributed by atoms with Gasteiger partial charge in [0.2, 0.25) is 0 Å². The number of para-hydroxylation sites is 1. The second-order valence-corrected chi connectivity index (χ2v) is 4.99. The van der Waals surface area contributed by atoms with Crippen LogP contribution in [0.2, 0.25) is 0 Å². The van der Waals surface area contributed by atoms with Gasteiger partial charge < -0.3 is 16.2 Å². The van der Waals surface area contributed by atoms with E-state index in [1.165, 1.54) is 0 Å². The van der Waals surface area contributed by atoms with E-state index in [0.29, 0.717) is 13.1 Å². The highest BCUT2D eigenvalue weighted by molar-refractivity contribution is 5.94. The fraction of sp³-hybridized carbons (Fsp3) is 0.278. The van der Waals surface area contributed by atoms with Crippen molar-refractivity contribution >= 4 is 22.2 Å². The molecule has 0 saturated carbocycles. The van der Waals surface area contributed by atoms with Gasteiger partial charge in [0.25, 0.3) is 0 Å². The molecule has 0 unspecified atom stereocenters. The Morgan fingerprint density at radius 3 is 2.82 bits per heavy atom. The lowest BCUT2D eigenvalue weighted by Crippen LogP contribution is -2.13. The highest BCUT2D eigenvalue weighted by Crippen LogP contribution is 2.28. The number of aliphatic hydroxyl groups is 1. The van der Waals surface area contributed by atoms with Crippen LogP contribution in [0.3, 0.4) is 0 Å². The smallest absolute Gasteiger partial charge is 0.120 e. The number of aromatic nitrogens is 1. The Balaban J connectivity index is 2.61. The average Bonchev–Trinajstić information content (AvgIpc) is 2.56. The van der Waals surface area contributed by atoms with E-state index in [2.05, 4.69) is 5.32 Å². The third-order valence-corrected chi connectivity index (χ3v) is 3.41. The molecule has 0 fully saturated rings. The van der Waals surface area contributed by atoms with Crippen molar-refractivity contribution in [2.24, 2.45) is 5.73 Å². The molecule has 0 radical (unpaired) electrons. The van der Waals surface area contributed by atoms with Crippen LogP contribution in [0.4, 0.5) is 5.69 Å². The Morgan fingerprint density at radius 1 is 1.36 bits per heavy atom. The fourth-order valence-corrected chi connectivity index (χ4v) is 2.37. The normalized spacial score (nSPS) is 12.7. The molecule has 0 spiro atoms. The molecule has 1 aromatic carbocycles. The van der Waals surface area contributed by atoms with Crippen molar-refractivity contribution in [2.75, 3.05) is 18.4 Å². The number of hydrogen-bond donors (Lipinski definition) is 3. The van der Waals surface area contributed by atoms with Gasteiger partial charge in [-0.05, 0) is 31.6 Å². The summed E-state index contributed by atoms with van der Waals surface area (Å²) in [6.07, 6.45) is 4.50. The van der Waals surface area contributed by atoms with E-state index in [-0.39, 0.29) is 5.76 Å². The lowest BCUT2D eigenvalue weighted by atomic mass is 10.0. The predicted molar refractivity (Wildman–Crippen MR) is 93.9 cm³/mol. The van der Waals surface area contributed by atoms with E-state index in [1.54, 1.807) is 6.08 Å². The van der Waals surface area contributed by atoms with Crippen LogP contribution >= 0.6 is 0 Å². The quantitative estimate of drug-likeness (QED) is 0.559. The molecule has 0 aliphatic rings. The highest BCUT2D eigenvalue weighted by Gasteiger charge is 2.11. The number of nitrogens with two attached hydrogens (primary N) is 1. The van der Waals surface area contributed by atoms with Crippen LogP contribution < -0.4 is 11.1 Å². The molecule has 4 nitrogen and oxygen atoms in total. The maximum Gasteiger partial charge on any atom is 0.120 e. The second kappa shape index (κ2) is 7.61. The molecule has 0 atom stereocenters. The first kappa shape index (κ1) is 16.0. The van der Waals surface area contributed by atoms with Crippen LogP contribution in [0.15, 0.2) is 48.2 Å². The molecule has 0 bridgehead atoms. The van der Waals surface area contributed by atoms with Gasteiger partial charge in [-0.1, -0.05) is 31.2 Å². The molecule has 2 aromatic rings. The number of benzene rings is 1. The van der Waals surface area contributed by atoms with Crippen molar-refractivity contribution < 1.29 is 5.11 Å². The van der Waals surface area contributed by atoms with Crippen LogP contribution in [-0.2, 0) is 0 Å².